The Balaban J connectivity index is 1.06. The zero-order chi connectivity index (χ0) is 37.7. The molecular formula is C46H33N3O5. The van der Waals surface area contributed by atoms with Gasteiger partial charge in [0, 0.05) is 29.3 Å². The van der Waals surface area contributed by atoms with Gasteiger partial charge in [0.15, 0.2) is 0 Å². The number of benzene rings is 6. The summed E-state index contributed by atoms with van der Waals surface area (Å²) in [4.78, 5) is 40.9. The van der Waals surface area contributed by atoms with E-state index >= 15 is 0 Å². The van der Waals surface area contributed by atoms with Crippen molar-refractivity contribution in [2.45, 2.75) is 19.3 Å². The molecule has 54 heavy (non-hydrogen) atoms. The highest BCUT2D eigenvalue weighted by atomic mass is 16.5. The van der Waals surface area contributed by atoms with Crippen molar-refractivity contribution in [3.05, 3.63) is 190 Å². The highest BCUT2D eigenvalue weighted by molar-refractivity contribution is 6.22. The molecule has 2 aliphatic rings. The maximum atomic E-state index is 13.3. The van der Waals surface area contributed by atoms with Crippen LogP contribution in [0.25, 0.3) is 5.70 Å². The van der Waals surface area contributed by atoms with Crippen LogP contribution in [0.2, 0.25) is 0 Å². The molecule has 3 amide bonds. The third kappa shape index (κ3) is 5.69. The van der Waals surface area contributed by atoms with E-state index in [2.05, 4.69) is 19.6 Å². The number of rotatable bonds is 8. The Morgan fingerprint density at radius 3 is 1.61 bits per heavy atom. The van der Waals surface area contributed by atoms with Gasteiger partial charge in [0.25, 0.3) is 17.7 Å². The molecule has 1 atom stereocenters. The van der Waals surface area contributed by atoms with Gasteiger partial charge in [0.1, 0.15) is 23.0 Å². The summed E-state index contributed by atoms with van der Waals surface area (Å²) in [6, 6.07) is 43.4. The first-order valence-corrected chi connectivity index (χ1v) is 17.3. The van der Waals surface area contributed by atoms with Crippen LogP contribution in [-0.4, -0.2) is 29.7 Å². The molecule has 0 aliphatic carbocycles. The van der Waals surface area contributed by atoms with Crippen molar-refractivity contribution in [3.63, 3.8) is 0 Å². The maximum absolute atomic E-state index is 13.3. The summed E-state index contributed by atoms with van der Waals surface area (Å²) in [6.07, 6.45) is 0. The lowest BCUT2D eigenvalue weighted by Gasteiger charge is -2.32. The zero-order valence-corrected chi connectivity index (χ0v) is 29.8. The fourth-order valence-electron chi connectivity index (χ4n) is 7.18. The topological polar surface area (TPSA) is 99.9 Å². The lowest BCUT2D eigenvalue weighted by Crippen LogP contribution is -2.25. The number of anilines is 1. The molecule has 0 fully saturated rings. The molecule has 0 saturated carbocycles. The predicted molar refractivity (Wildman–Crippen MR) is 206 cm³/mol. The fraction of sp³-hybridized carbons (Fsp3) is 0.0870. The smallest absolute Gasteiger partial charge is 0.263 e. The van der Waals surface area contributed by atoms with E-state index in [1.807, 2.05) is 110 Å². The Labute approximate surface area is 312 Å². The van der Waals surface area contributed by atoms with Crippen molar-refractivity contribution < 1.29 is 23.9 Å². The number of carbonyl (C=O) groups is 3. The summed E-state index contributed by atoms with van der Waals surface area (Å²) in [5.74, 6) is 1.41. The summed E-state index contributed by atoms with van der Waals surface area (Å²) in [5.41, 5.74) is 7.28. The third-order valence-corrected chi connectivity index (χ3v) is 10.3. The summed E-state index contributed by atoms with van der Waals surface area (Å²) in [5, 5.41) is 9.48. The van der Waals surface area contributed by atoms with E-state index < -0.39 is 5.41 Å². The van der Waals surface area contributed by atoms with Crippen molar-refractivity contribution in [2.75, 3.05) is 11.9 Å². The van der Waals surface area contributed by atoms with Crippen LogP contribution in [0.15, 0.2) is 140 Å². The largest absolute Gasteiger partial charge is 0.457 e. The van der Waals surface area contributed by atoms with Gasteiger partial charge in [-0.25, -0.2) is 0 Å². The number of carbonyl (C=O) groups excluding carboxylic acids is 3. The van der Waals surface area contributed by atoms with Crippen LogP contribution in [-0.2, 0) is 5.41 Å². The molecular weight excluding hydrogens is 675 g/mol. The van der Waals surface area contributed by atoms with Gasteiger partial charge in [-0.2, -0.15) is 5.26 Å². The molecule has 2 heterocycles. The molecule has 1 unspecified atom stereocenters. The molecule has 8 nitrogen and oxygen atoms in total. The van der Waals surface area contributed by atoms with Crippen LogP contribution < -0.4 is 14.4 Å². The maximum Gasteiger partial charge on any atom is 0.263 e. The van der Waals surface area contributed by atoms with Crippen LogP contribution in [0.1, 0.15) is 71.4 Å². The van der Waals surface area contributed by atoms with E-state index in [1.54, 1.807) is 35.2 Å². The standard InChI is InChI=1S/C46H33N3O5/c1-28-6-5-7-34(24-28)49-29(2)41-25-37(20-22-39(41)45(49)52)53-35-16-12-32(13-17-35)46(3,31-10-8-30(27-47)9-11-31)33-14-18-36(19-15-33)54-38-21-23-40-42(26-38)44(51)48(4)43(40)50/h5-26H,2H2,1,3-4H3. The second-order valence-corrected chi connectivity index (χ2v) is 13.6. The highest BCUT2D eigenvalue weighted by Crippen LogP contribution is 2.42. The molecule has 262 valence electrons. The van der Waals surface area contributed by atoms with Gasteiger partial charge in [-0.15, -0.1) is 0 Å². The fourth-order valence-corrected chi connectivity index (χ4v) is 7.18. The first kappa shape index (κ1) is 33.9. The number of amides is 3. The molecule has 0 radical (unpaired) electrons. The van der Waals surface area contributed by atoms with E-state index in [-0.39, 0.29) is 17.7 Å². The third-order valence-electron chi connectivity index (χ3n) is 10.3. The molecule has 8 rings (SSSR count). The Morgan fingerprint density at radius 2 is 1.07 bits per heavy atom. The van der Waals surface area contributed by atoms with Gasteiger partial charge in [-0.1, -0.05) is 55.1 Å². The number of imide groups is 1. The molecule has 0 N–H and O–H groups in total. The van der Waals surface area contributed by atoms with E-state index in [4.69, 9.17) is 9.47 Å². The van der Waals surface area contributed by atoms with Crippen molar-refractivity contribution in [2.24, 2.45) is 0 Å². The van der Waals surface area contributed by atoms with Gasteiger partial charge in [-0.3, -0.25) is 24.2 Å². The van der Waals surface area contributed by atoms with E-state index in [9.17, 15) is 19.6 Å². The molecule has 0 aromatic heterocycles. The van der Waals surface area contributed by atoms with Crippen LogP contribution >= 0.6 is 0 Å². The number of aryl methyl sites for hydroxylation is 1. The number of nitriles is 1. The first-order valence-electron chi connectivity index (χ1n) is 17.3. The Hall–Kier alpha value is -7.24. The summed E-state index contributed by atoms with van der Waals surface area (Å²) in [7, 11) is 1.46. The number of hydrogen-bond acceptors (Lipinski definition) is 6. The molecule has 6 aromatic rings. The Morgan fingerprint density at radius 1 is 0.593 bits per heavy atom. The number of hydrogen-bond donors (Lipinski definition) is 0. The monoisotopic (exact) mass is 707 g/mol. The van der Waals surface area contributed by atoms with E-state index in [1.165, 1.54) is 7.05 Å². The number of nitrogens with zero attached hydrogens (tertiary/aromatic N) is 3. The van der Waals surface area contributed by atoms with Crippen molar-refractivity contribution in [3.8, 4) is 29.1 Å². The van der Waals surface area contributed by atoms with Gasteiger partial charge in [-0.05, 0) is 121 Å². The van der Waals surface area contributed by atoms with Crippen LogP contribution in [0, 0.1) is 18.3 Å². The molecule has 2 aliphatic heterocycles. The molecule has 0 saturated heterocycles. The average molecular weight is 708 g/mol. The molecule has 6 aromatic carbocycles. The SMILES string of the molecule is C=C1c2cc(Oc3ccc(C(C)(c4ccc(C#N)cc4)c4ccc(Oc5ccc6c(c5)C(=O)N(C)C6=O)cc4)cc3)ccc2C(=O)N1c1cccc(C)c1. The van der Waals surface area contributed by atoms with Crippen LogP contribution in [0.3, 0.4) is 0 Å². The summed E-state index contributed by atoms with van der Waals surface area (Å²) < 4.78 is 12.4. The average Bonchev–Trinajstić information content (AvgIpc) is 3.57. The lowest BCUT2D eigenvalue weighted by atomic mass is 9.71. The Bertz CT molecular complexity index is 2570. The second kappa shape index (κ2) is 13.1. The van der Waals surface area contributed by atoms with Gasteiger partial charge < -0.3 is 9.47 Å². The minimum Gasteiger partial charge on any atom is -0.457 e. The minimum absolute atomic E-state index is 0.122. The normalized spacial score (nSPS) is 14.4. The zero-order valence-electron chi connectivity index (χ0n) is 29.8. The first-order chi connectivity index (χ1) is 26.0. The molecule has 0 bridgehead atoms. The summed E-state index contributed by atoms with van der Waals surface area (Å²) in [6.45, 7) is 8.35. The van der Waals surface area contributed by atoms with E-state index in [0.29, 0.717) is 50.9 Å². The van der Waals surface area contributed by atoms with Crippen LogP contribution in [0.4, 0.5) is 5.69 Å². The van der Waals surface area contributed by atoms with Crippen molar-refractivity contribution >= 4 is 29.1 Å². The highest BCUT2D eigenvalue weighted by Gasteiger charge is 2.35. The predicted octanol–water partition coefficient (Wildman–Crippen LogP) is 9.66. The quantitative estimate of drug-likeness (QED) is 0.115. The molecule has 8 heteroatoms. The van der Waals surface area contributed by atoms with Crippen molar-refractivity contribution in [1.29, 1.82) is 5.26 Å². The van der Waals surface area contributed by atoms with Crippen LogP contribution in [0.5, 0.6) is 23.0 Å². The number of fused-ring (bicyclic) bond motifs is 2. The van der Waals surface area contributed by atoms with Gasteiger partial charge >= 0.3 is 0 Å². The molecule has 0 spiro atoms. The van der Waals surface area contributed by atoms with E-state index in [0.717, 1.165) is 38.4 Å². The lowest BCUT2D eigenvalue weighted by molar-refractivity contribution is 0.0692. The van der Waals surface area contributed by atoms with Gasteiger partial charge in [0.2, 0.25) is 0 Å². The Kier molecular flexibility index (Phi) is 8.20. The second-order valence-electron chi connectivity index (χ2n) is 13.6. The summed E-state index contributed by atoms with van der Waals surface area (Å²) >= 11 is 0. The van der Waals surface area contributed by atoms with Crippen molar-refractivity contribution in [1.82, 2.24) is 4.90 Å². The van der Waals surface area contributed by atoms with Gasteiger partial charge in [0.05, 0.1) is 28.5 Å². The number of ether oxygens (including phenoxy) is 2. The minimum atomic E-state index is -0.638.